The maximum Gasteiger partial charge on any atom is 0.158 e. The van der Waals surface area contributed by atoms with Crippen molar-refractivity contribution in [2.45, 2.75) is 64.9 Å². The Bertz CT molecular complexity index is 789. The lowest BCUT2D eigenvalue weighted by Gasteiger charge is -2.28. The van der Waals surface area contributed by atoms with Crippen molar-refractivity contribution in [3.05, 3.63) is 64.7 Å². The summed E-state index contributed by atoms with van der Waals surface area (Å²) in [5.41, 5.74) is 4.71. The number of nitrogens with zero attached hydrogens (tertiary/aromatic N) is 1. The normalized spacial score (nSPS) is 17.8. The molecule has 138 valence electrons. The van der Waals surface area contributed by atoms with E-state index in [0.717, 1.165) is 34.4 Å². The molecule has 0 aliphatic carbocycles. The van der Waals surface area contributed by atoms with Crippen LogP contribution in [0.15, 0.2) is 47.6 Å². The molecule has 3 rings (SSSR count). The smallest absolute Gasteiger partial charge is 0.158 e. The third-order valence-corrected chi connectivity index (χ3v) is 4.90. The molecule has 0 bridgehead atoms. The van der Waals surface area contributed by atoms with Gasteiger partial charge in [-0.25, -0.2) is 0 Å². The fraction of sp³-hybridized carbons (Fsp3) is 0.435. The second-order valence-electron chi connectivity index (χ2n) is 9.17. The molecule has 0 radical (unpaired) electrons. The summed E-state index contributed by atoms with van der Waals surface area (Å²) in [6.45, 7) is 12.7. The fourth-order valence-electron chi connectivity index (χ4n) is 3.34. The van der Waals surface area contributed by atoms with E-state index in [1.54, 1.807) is 0 Å². The molecule has 1 heterocycles. The average Bonchev–Trinajstić information content (AvgIpc) is 3.03. The molecule has 1 aliphatic heterocycles. The van der Waals surface area contributed by atoms with Gasteiger partial charge in [0.2, 0.25) is 0 Å². The molecule has 0 amide bonds. The molecular formula is C23H29NO2. The topological polar surface area (TPSA) is 41.8 Å². The van der Waals surface area contributed by atoms with Crippen LogP contribution in [0.5, 0.6) is 5.75 Å². The molecule has 3 nitrogen and oxygen atoms in total. The SMILES string of the molecule is CC(C)(C)c1cc(C2=NO[C@H](c3ccccc3)C2)cc(C(C)(C)C)c1O. The second kappa shape index (κ2) is 6.46. The van der Waals surface area contributed by atoms with Gasteiger partial charge in [-0.3, -0.25) is 0 Å². The maximum absolute atomic E-state index is 10.9. The van der Waals surface area contributed by atoms with E-state index < -0.39 is 0 Å². The average molecular weight is 351 g/mol. The Morgan fingerprint density at radius 1 is 0.923 bits per heavy atom. The summed E-state index contributed by atoms with van der Waals surface area (Å²) < 4.78 is 0. The summed E-state index contributed by atoms with van der Waals surface area (Å²) in [5, 5.41) is 15.3. The molecule has 0 saturated carbocycles. The molecule has 1 aliphatic rings. The van der Waals surface area contributed by atoms with Crippen LogP contribution in [0.2, 0.25) is 0 Å². The van der Waals surface area contributed by atoms with Crippen molar-refractivity contribution < 1.29 is 9.94 Å². The number of hydrogen-bond donors (Lipinski definition) is 1. The Hall–Kier alpha value is -2.29. The number of hydrogen-bond acceptors (Lipinski definition) is 3. The number of aromatic hydroxyl groups is 1. The molecule has 0 unspecified atom stereocenters. The van der Waals surface area contributed by atoms with Gasteiger partial charge in [0.25, 0.3) is 0 Å². The molecular weight excluding hydrogens is 322 g/mol. The van der Waals surface area contributed by atoms with Gasteiger partial charge in [0, 0.05) is 23.1 Å². The maximum atomic E-state index is 10.9. The van der Waals surface area contributed by atoms with Crippen molar-refractivity contribution in [2.24, 2.45) is 5.16 Å². The Kier molecular flexibility index (Phi) is 4.60. The Balaban J connectivity index is 2.01. The summed E-state index contributed by atoms with van der Waals surface area (Å²) in [4.78, 5) is 5.71. The molecule has 3 heteroatoms. The lowest BCUT2D eigenvalue weighted by atomic mass is 9.77. The predicted octanol–water partition coefficient (Wildman–Crippen LogP) is 5.85. The van der Waals surface area contributed by atoms with Crippen molar-refractivity contribution in [3.8, 4) is 5.75 Å². The largest absolute Gasteiger partial charge is 0.507 e. The summed E-state index contributed by atoms with van der Waals surface area (Å²) >= 11 is 0. The van der Waals surface area contributed by atoms with Crippen LogP contribution in [0.1, 0.15) is 76.3 Å². The highest BCUT2D eigenvalue weighted by atomic mass is 16.6. The first kappa shape index (κ1) is 18.5. The molecule has 1 atom stereocenters. The zero-order valence-corrected chi connectivity index (χ0v) is 16.6. The molecule has 0 aromatic heterocycles. The summed E-state index contributed by atoms with van der Waals surface area (Å²) in [7, 11) is 0. The fourth-order valence-corrected chi connectivity index (χ4v) is 3.34. The van der Waals surface area contributed by atoms with Crippen LogP contribution in [-0.4, -0.2) is 10.8 Å². The minimum absolute atomic E-state index is 0.0452. The van der Waals surface area contributed by atoms with E-state index in [1.807, 2.05) is 18.2 Å². The van der Waals surface area contributed by atoms with E-state index >= 15 is 0 Å². The van der Waals surface area contributed by atoms with Crippen molar-refractivity contribution in [1.82, 2.24) is 0 Å². The number of oxime groups is 1. The minimum atomic E-state index is -0.154. The third kappa shape index (κ3) is 3.62. The van der Waals surface area contributed by atoms with Crippen molar-refractivity contribution in [2.75, 3.05) is 0 Å². The molecule has 1 N–H and O–H groups in total. The first-order chi connectivity index (χ1) is 12.1. The van der Waals surface area contributed by atoms with E-state index in [4.69, 9.17) is 4.84 Å². The summed E-state index contributed by atoms with van der Waals surface area (Å²) in [6, 6.07) is 14.3. The van der Waals surface area contributed by atoms with Crippen LogP contribution in [0, 0.1) is 0 Å². The first-order valence-corrected chi connectivity index (χ1v) is 9.23. The van der Waals surface area contributed by atoms with Crippen LogP contribution in [0.4, 0.5) is 0 Å². The van der Waals surface area contributed by atoms with E-state index in [0.29, 0.717) is 5.75 Å². The van der Waals surface area contributed by atoms with Gasteiger partial charge in [-0.1, -0.05) is 77.0 Å². The van der Waals surface area contributed by atoms with Gasteiger partial charge in [-0.15, -0.1) is 0 Å². The van der Waals surface area contributed by atoms with Crippen molar-refractivity contribution >= 4 is 5.71 Å². The molecule has 0 spiro atoms. The third-order valence-electron chi connectivity index (χ3n) is 4.90. The van der Waals surface area contributed by atoms with Gasteiger partial charge in [-0.2, -0.15) is 0 Å². The Morgan fingerprint density at radius 3 is 1.96 bits per heavy atom. The van der Waals surface area contributed by atoms with Crippen LogP contribution >= 0.6 is 0 Å². The van der Waals surface area contributed by atoms with Crippen LogP contribution in [0.25, 0.3) is 0 Å². The molecule has 0 saturated heterocycles. The highest BCUT2D eigenvalue weighted by Crippen LogP contribution is 2.41. The minimum Gasteiger partial charge on any atom is -0.507 e. The molecule has 0 fully saturated rings. The lowest BCUT2D eigenvalue weighted by Crippen LogP contribution is -2.18. The van der Waals surface area contributed by atoms with Crippen molar-refractivity contribution in [3.63, 3.8) is 0 Å². The van der Waals surface area contributed by atoms with E-state index in [-0.39, 0.29) is 16.9 Å². The van der Waals surface area contributed by atoms with Crippen LogP contribution in [0.3, 0.4) is 0 Å². The van der Waals surface area contributed by atoms with Gasteiger partial charge in [0.05, 0.1) is 5.71 Å². The number of phenols is 1. The second-order valence-corrected chi connectivity index (χ2v) is 9.17. The Morgan fingerprint density at radius 2 is 1.46 bits per heavy atom. The van der Waals surface area contributed by atoms with Gasteiger partial charge >= 0.3 is 0 Å². The summed E-state index contributed by atoms with van der Waals surface area (Å²) in [6.07, 6.45) is 0.693. The van der Waals surface area contributed by atoms with Gasteiger partial charge in [0.1, 0.15) is 5.75 Å². The van der Waals surface area contributed by atoms with E-state index in [2.05, 4.69) is 71.0 Å². The quantitative estimate of drug-likeness (QED) is 0.737. The van der Waals surface area contributed by atoms with Gasteiger partial charge in [-0.05, 0) is 28.5 Å². The van der Waals surface area contributed by atoms with Crippen LogP contribution in [-0.2, 0) is 15.7 Å². The number of benzene rings is 2. The number of phenolic OH excluding ortho intramolecular Hbond substituents is 1. The van der Waals surface area contributed by atoms with Gasteiger partial charge < -0.3 is 9.94 Å². The standard InChI is InChI=1S/C23H29NO2/c1-22(2,3)17-12-16(13-18(21(17)25)23(4,5)6)19-14-20(26-24-19)15-10-8-7-9-11-15/h7-13,20,25H,14H2,1-6H3/t20-/m0/s1. The monoisotopic (exact) mass is 351 g/mol. The van der Waals surface area contributed by atoms with Crippen LogP contribution < -0.4 is 0 Å². The van der Waals surface area contributed by atoms with Crippen molar-refractivity contribution in [1.29, 1.82) is 0 Å². The zero-order chi connectivity index (χ0) is 19.1. The lowest BCUT2D eigenvalue weighted by molar-refractivity contribution is 0.0857. The summed E-state index contributed by atoms with van der Waals surface area (Å²) in [5.74, 6) is 0.396. The van der Waals surface area contributed by atoms with E-state index in [1.165, 1.54) is 0 Å². The molecule has 2 aromatic carbocycles. The van der Waals surface area contributed by atoms with Gasteiger partial charge in [0.15, 0.2) is 6.10 Å². The number of rotatable bonds is 2. The highest BCUT2D eigenvalue weighted by molar-refractivity contribution is 6.02. The molecule has 26 heavy (non-hydrogen) atoms. The van der Waals surface area contributed by atoms with E-state index in [9.17, 15) is 5.11 Å². The zero-order valence-electron chi connectivity index (χ0n) is 16.6. The highest BCUT2D eigenvalue weighted by Gasteiger charge is 2.30. The molecule has 2 aromatic rings. The first-order valence-electron chi connectivity index (χ1n) is 9.23. The Labute approximate surface area is 156 Å². The predicted molar refractivity (Wildman–Crippen MR) is 107 cm³/mol.